The van der Waals surface area contributed by atoms with Crippen LogP contribution in [-0.4, -0.2) is 41.1 Å². The van der Waals surface area contributed by atoms with E-state index in [9.17, 15) is 10.1 Å². The van der Waals surface area contributed by atoms with Crippen LogP contribution in [-0.2, 0) is 21.3 Å². The average molecular weight is 312 g/mol. The molecule has 0 amide bonds. The number of nitriles is 1. The van der Waals surface area contributed by atoms with Gasteiger partial charge >= 0.3 is 5.97 Å². The van der Waals surface area contributed by atoms with Crippen molar-refractivity contribution in [2.24, 2.45) is 7.05 Å². The number of ether oxygens (including phenoxy) is 2. The summed E-state index contributed by atoms with van der Waals surface area (Å²) in [5.41, 5.74) is 2.06. The van der Waals surface area contributed by atoms with Crippen LogP contribution in [0.2, 0.25) is 0 Å². The van der Waals surface area contributed by atoms with E-state index >= 15 is 0 Å². The lowest BCUT2D eigenvalue weighted by atomic mass is 10.1. The van der Waals surface area contributed by atoms with E-state index in [1.807, 2.05) is 18.2 Å². The predicted molar refractivity (Wildman–Crippen MR) is 82.9 cm³/mol. The molecule has 0 aliphatic heterocycles. The normalized spacial score (nSPS) is 11.1. The number of hydrogen-bond acceptors (Lipinski definition) is 6. The van der Waals surface area contributed by atoms with Crippen LogP contribution >= 0.6 is 0 Å². The lowest BCUT2D eigenvalue weighted by molar-refractivity contribution is -0.139. The van der Waals surface area contributed by atoms with Crippen molar-refractivity contribution in [1.82, 2.24) is 14.8 Å². The minimum Gasteiger partial charge on any atom is -0.459 e. The SMILES string of the molecule is COCCOC(=O)C(C#N)=Cc1cn(C)nc1-c1ccncc1. The van der Waals surface area contributed by atoms with Gasteiger partial charge in [-0.05, 0) is 18.2 Å². The minimum atomic E-state index is -0.686. The van der Waals surface area contributed by atoms with E-state index in [2.05, 4.69) is 10.1 Å². The molecular formula is C16H16N4O3. The topological polar surface area (TPSA) is 90.0 Å². The fourth-order valence-electron chi connectivity index (χ4n) is 1.93. The Balaban J connectivity index is 2.30. The molecule has 0 aliphatic carbocycles. The molecule has 7 nitrogen and oxygen atoms in total. The molecule has 0 spiro atoms. The van der Waals surface area contributed by atoms with Gasteiger partial charge in [-0.1, -0.05) is 0 Å². The molecule has 2 aromatic heterocycles. The number of nitrogens with zero attached hydrogens (tertiary/aromatic N) is 4. The van der Waals surface area contributed by atoms with Crippen LogP contribution in [0, 0.1) is 11.3 Å². The summed E-state index contributed by atoms with van der Waals surface area (Å²) in [6, 6.07) is 5.48. The minimum absolute atomic E-state index is 0.0931. The molecule has 2 rings (SSSR count). The highest BCUT2D eigenvalue weighted by atomic mass is 16.6. The van der Waals surface area contributed by atoms with Gasteiger partial charge in [0.2, 0.25) is 0 Å². The Bertz CT molecular complexity index is 744. The molecule has 0 atom stereocenters. The number of carbonyl (C=O) groups is 1. The number of esters is 1. The Labute approximate surface area is 133 Å². The van der Waals surface area contributed by atoms with Gasteiger partial charge in [-0.25, -0.2) is 4.79 Å². The molecule has 23 heavy (non-hydrogen) atoms. The number of carbonyl (C=O) groups excluding carboxylic acids is 1. The molecule has 0 saturated carbocycles. The van der Waals surface area contributed by atoms with Crippen LogP contribution in [0.15, 0.2) is 36.3 Å². The molecule has 0 saturated heterocycles. The van der Waals surface area contributed by atoms with Crippen molar-refractivity contribution >= 4 is 12.0 Å². The van der Waals surface area contributed by atoms with Crippen LogP contribution in [0.4, 0.5) is 0 Å². The summed E-state index contributed by atoms with van der Waals surface area (Å²) in [5.74, 6) is -0.686. The third-order valence-electron chi connectivity index (χ3n) is 2.97. The number of pyridine rings is 1. The van der Waals surface area contributed by atoms with Crippen molar-refractivity contribution in [3.63, 3.8) is 0 Å². The summed E-state index contributed by atoms with van der Waals surface area (Å²) >= 11 is 0. The van der Waals surface area contributed by atoms with Crippen molar-refractivity contribution in [1.29, 1.82) is 5.26 Å². The van der Waals surface area contributed by atoms with Crippen molar-refractivity contribution in [2.75, 3.05) is 20.3 Å². The van der Waals surface area contributed by atoms with Crippen LogP contribution in [0.25, 0.3) is 17.3 Å². The molecular weight excluding hydrogens is 296 g/mol. The highest BCUT2D eigenvalue weighted by Gasteiger charge is 2.14. The van der Waals surface area contributed by atoms with Gasteiger partial charge in [-0.3, -0.25) is 9.67 Å². The van der Waals surface area contributed by atoms with Crippen LogP contribution in [0.5, 0.6) is 0 Å². The fourth-order valence-corrected chi connectivity index (χ4v) is 1.93. The van der Waals surface area contributed by atoms with E-state index in [-0.39, 0.29) is 18.8 Å². The van der Waals surface area contributed by atoms with Crippen molar-refractivity contribution in [3.8, 4) is 17.3 Å². The first kappa shape index (κ1) is 16.4. The predicted octanol–water partition coefficient (Wildman–Crippen LogP) is 1.58. The van der Waals surface area contributed by atoms with Crippen molar-refractivity contribution in [3.05, 3.63) is 41.9 Å². The standard InChI is InChI=1S/C16H16N4O3/c1-20-11-14(15(19-20)12-3-5-18-6-4-12)9-13(10-17)16(21)23-8-7-22-2/h3-6,9,11H,7-8H2,1-2H3. The van der Waals surface area contributed by atoms with Gasteiger partial charge in [0.1, 0.15) is 18.2 Å². The summed E-state index contributed by atoms with van der Waals surface area (Å²) in [6.07, 6.45) is 6.51. The number of aryl methyl sites for hydroxylation is 1. The second-order valence-corrected chi connectivity index (χ2v) is 4.64. The molecule has 0 aliphatic rings. The number of aromatic nitrogens is 3. The molecule has 0 N–H and O–H groups in total. The maximum absolute atomic E-state index is 11.9. The fraction of sp³-hybridized carbons (Fsp3) is 0.250. The second kappa shape index (κ2) is 7.87. The van der Waals surface area contributed by atoms with Gasteiger partial charge in [-0.15, -0.1) is 0 Å². The largest absolute Gasteiger partial charge is 0.459 e. The Kier molecular flexibility index (Phi) is 5.61. The van der Waals surface area contributed by atoms with Gasteiger partial charge in [-0.2, -0.15) is 10.4 Å². The van der Waals surface area contributed by atoms with Gasteiger partial charge in [0.05, 0.1) is 12.3 Å². The summed E-state index contributed by atoms with van der Waals surface area (Å²) in [6.45, 7) is 0.373. The molecule has 118 valence electrons. The van der Waals surface area contributed by atoms with Crippen molar-refractivity contribution in [2.45, 2.75) is 0 Å². The van der Waals surface area contributed by atoms with Crippen molar-refractivity contribution < 1.29 is 14.3 Å². The van der Waals surface area contributed by atoms with Gasteiger partial charge in [0.25, 0.3) is 0 Å². The second-order valence-electron chi connectivity index (χ2n) is 4.64. The van der Waals surface area contributed by atoms with Crippen LogP contribution in [0.1, 0.15) is 5.56 Å². The number of hydrogen-bond donors (Lipinski definition) is 0. The Morgan fingerprint density at radius 1 is 1.39 bits per heavy atom. The third-order valence-corrected chi connectivity index (χ3v) is 2.97. The van der Waals surface area contributed by atoms with Gasteiger partial charge in [0, 0.05) is 43.9 Å². The Morgan fingerprint density at radius 2 is 2.13 bits per heavy atom. The lowest BCUT2D eigenvalue weighted by Crippen LogP contribution is -2.11. The monoisotopic (exact) mass is 312 g/mol. The molecule has 0 aromatic carbocycles. The third kappa shape index (κ3) is 4.25. The van der Waals surface area contributed by atoms with E-state index in [1.165, 1.54) is 13.2 Å². The lowest BCUT2D eigenvalue weighted by Gasteiger charge is -2.03. The maximum atomic E-state index is 11.9. The van der Waals surface area contributed by atoms with Crippen LogP contribution < -0.4 is 0 Å². The quantitative estimate of drug-likeness (QED) is 0.348. The van der Waals surface area contributed by atoms with Gasteiger partial charge < -0.3 is 9.47 Å². The van der Waals surface area contributed by atoms with E-state index in [0.29, 0.717) is 11.3 Å². The first-order valence-electron chi connectivity index (χ1n) is 6.87. The Hall–Kier alpha value is -2.98. The maximum Gasteiger partial charge on any atom is 0.348 e. The zero-order chi connectivity index (χ0) is 16.7. The van der Waals surface area contributed by atoms with E-state index in [4.69, 9.17) is 9.47 Å². The summed E-state index contributed by atoms with van der Waals surface area (Å²) in [7, 11) is 3.27. The van der Waals surface area contributed by atoms with E-state index in [0.717, 1.165) is 5.56 Å². The molecule has 2 heterocycles. The van der Waals surface area contributed by atoms with Gasteiger partial charge in [0.15, 0.2) is 0 Å². The van der Waals surface area contributed by atoms with Crippen LogP contribution in [0.3, 0.4) is 0 Å². The highest BCUT2D eigenvalue weighted by molar-refractivity contribution is 5.98. The van der Waals surface area contributed by atoms with E-state index in [1.54, 1.807) is 30.3 Å². The highest BCUT2D eigenvalue weighted by Crippen LogP contribution is 2.23. The van der Waals surface area contributed by atoms with E-state index < -0.39 is 5.97 Å². The molecule has 0 unspecified atom stereocenters. The molecule has 0 bridgehead atoms. The smallest absolute Gasteiger partial charge is 0.348 e. The summed E-state index contributed by atoms with van der Waals surface area (Å²) < 4.78 is 11.4. The zero-order valence-corrected chi connectivity index (χ0v) is 12.9. The average Bonchev–Trinajstić information content (AvgIpc) is 2.94. The number of rotatable bonds is 6. The molecule has 2 aromatic rings. The molecule has 0 radical (unpaired) electrons. The first-order chi connectivity index (χ1) is 11.2. The summed E-state index contributed by atoms with van der Waals surface area (Å²) in [4.78, 5) is 15.9. The number of methoxy groups -OCH3 is 1. The molecule has 0 fully saturated rings. The zero-order valence-electron chi connectivity index (χ0n) is 12.9. The first-order valence-corrected chi connectivity index (χ1v) is 6.87. The Morgan fingerprint density at radius 3 is 2.78 bits per heavy atom. The molecule has 7 heteroatoms. The summed E-state index contributed by atoms with van der Waals surface area (Å²) in [5, 5.41) is 13.6.